The maximum absolute atomic E-state index is 13.9. The predicted molar refractivity (Wildman–Crippen MR) is 147 cm³/mol. The van der Waals surface area contributed by atoms with E-state index in [1.54, 1.807) is 52.0 Å². The van der Waals surface area contributed by atoms with Gasteiger partial charge in [-0.25, -0.2) is 9.59 Å². The molecule has 1 fully saturated rings. The number of amides is 3. The van der Waals surface area contributed by atoms with E-state index in [1.807, 2.05) is 0 Å². The Labute approximate surface area is 237 Å². The van der Waals surface area contributed by atoms with Crippen molar-refractivity contribution in [3.8, 4) is 5.75 Å². The van der Waals surface area contributed by atoms with Gasteiger partial charge in [0.25, 0.3) is 5.91 Å². The van der Waals surface area contributed by atoms with Crippen LogP contribution in [0.25, 0.3) is 10.9 Å². The molecule has 2 unspecified atom stereocenters. The zero-order chi connectivity index (χ0) is 30.5. The van der Waals surface area contributed by atoms with Gasteiger partial charge in [-0.1, -0.05) is 32.9 Å². The maximum atomic E-state index is 13.9. The molecule has 2 aromatic rings. The Balaban J connectivity index is 2.14. The van der Waals surface area contributed by atoms with Crippen LogP contribution in [-0.2, 0) is 19.1 Å². The second-order valence-electron chi connectivity index (χ2n) is 10.8. The molecule has 0 saturated carbocycles. The van der Waals surface area contributed by atoms with E-state index in [9.17, 15) is 34.2 Å². The largest absolute Gasteiger partial charge is 0.481 e. The standard InChI is InChI=1S/C28H36N4O9/c1-5-40-27(39)32-14-12-31(13-15-32)25(36)17(10-11-19(33)34)21-20(24(29)35)22(16-8-6-7-9-18(16)30-21)41-23(26(37)38)28(2,3)4/h6-9,17,23H,5,10-15H2,1-4H3,(H2,29,35)(H,33,34)(H,37,38). The number of para-hydroxylation sites is 1. The summed E-state index contributed by atoms with van der Waals surface area (Å²) >= 11 is 0. The highest BCUT2D eigenvalue weighted by atomic mass is 16.6. The van der Waals surface area contributed by atoms with Gasteiger partial charge < -0.3 is 35.2 Å². The van der Waals surface area contributed by atoms with Crippen molar-refractivity contribution in [3.63, 3.8) is 0 Å². The second kappa shape index (κ2) is 12.8. The van der Waals surface area contributed by atoms with Gasteiger partial charge in [0, 0.05) is 43.4 Å². The molecular weight excluding hydrogens is 536 g/mol. The predicted octanol–water partition coefficient (Wildman–Crippen LogP) is 2.46. The van der Waals surface area contributed by atoms with Crippen molar-refractivity contribution in [2.24, 2.45) is 11.1 Å². The maximum Gasteiger partial charge on any atom is 0.409 e. The number of rotatable bonds is 10. The summed E-state index contributed by atoms with van der Waals surface area (Å²) in [5.41, 5.74) is 4.84. The van der Waals surface area contributed by atoms with Gasteiger partial charge >= 0.3 is 18.0 Å². The van der Waals surface area contributed by atoms with Gasteiger partial charge in [0.1, 0.15) is 11.3 Å². The zero-order valence-electron chi connectivity index (χ0n) is 23.6. The van der Waals surface area contributed by atoms with Gasteiger partial charge in [-0.2, -0.15) is 0 Å². The molecule has 0 spiro atoms. The topological polar surface area (TPSA) is 190 Å². The Morgan fingerprint density at radius 3 is 2.17 bits per heavy atom. The Bertz CT molecular complexity index is 1330. The van der Waals surface area contributed by atoms with Crippen LogP contribution in [-0.4, -0.2) is 93.7 Å². The van der Waals surface area contributed by atoms with Gasteiger partial charge in [0.05, 0.1) is 23.7 Å². The molecule has 3 rings (SSSR count). The minimum Gasteiger partial charge on any atom is -0.481 e. The summed E-state index contributed by atoms with van der Waals surface area (Å²) in [5.74, 6) is -5.30. The number of ether oxygens (including phenoxy) is 2. The number of nitrogens with zero attached hydrogens (tertiary/aromatic N) is 3. The van der Waals surface area contributed by atoms with Gasteiger partial charge in [-0.3, -0.25) is 19.4 Å². The molecule has 3 amide bonds. The van der Waals surface area contributed by atoms with E-state index >= 15 is 0 Å². The lowest BCUT2D eigenvalue weighted by Gasteiger charge is -2.36. The van der Waals surface area contributed by atoms with E-state index in [-0.39, 0.29) is 56.2 Å². The number of primary amides is 1. The number of piperazine rings is 1. The lowest BCUT2D eigenvalue weighted by atomic mass is 9.88. The van der Waals surface area contributed by atoms with E-state index in [4.69, 9.17) is 15.2 Å². The smallest absolute Gasteiger partial charge is 0.409 e. The molecule has 2 heterocycles. The van der Waals surface area contributed by atoms with Crippen LogP contribution < -0.4 is 10.5 Å². The van der Waals surface area contributed by atoms with Crippen LogP contribution in [0.15, 0.2) is 24.3 Å². The normalized spacial score (nSPS) is 15.2. The molecule has 1 aromatic carbocycles. The highest BCUT2D eigenvalue weighted by Gasteiger charge is 2.38. The first kappa shape index (κ1) is 31.1. The van der Waals surface area contributed by atoms with Crippen LogP contribution >= 0.6 is 0 Å². The van der Waals surface area contributed by atoms with Gasteiger partial charge in [0.15, 0.2) is 6.10 Å². The van der Waals surface area contributed by atoms with Crippen LogP contribution in [0.2, 0.25) is 0 Å². The third-order valence-corrected chi connectivity index (χ3v) is 6.76. The molecule has 222 valence electrons. The summed E-state index contributed by atoms with van der Waals surface area (Å²) in [6.45, 7) is 7.58. The SMILES string of the molecule is CCOC(=O)N1CCN(C(=O)C(CCC(=O)O)c2nc3ccccc3c(OC(C(=O)O)C(C)(C)C)c2C(N)=O)CC1. The third kappa shape index (κ3) is 7.21. The summed E-state index contributed by atoms with van der Waals surface area (Å²) in [4.78, 5) is 70.2. The van der Waals surface area contributed by atoms with Crippen molar-refractivity contribution in [1.82, 2.24) is 14.8 Å². The Morgan fingerprint density at radius 1 is 1.02 bits per heavy atom. The number of nitrogens with two attached hydrogens (primary N) is 1. The van der Waals surface area contributed by atoms with Crippen molar-refractivity contribution in [2.45, 2.75) is 52.6 Å². The molecule has 0 aliphatic carbocycles. The van der Waals surface area contributed by atoms with E-state index in [0.29, 0.717) is 10.9 Å². The minimum absolute atomic E-state index is 0.0941. The van der Waals surface area contributed by atoms with Crippen LogP contribution in [0.3, 0.4) is 0 Å². The number of carbonyl (C=O) groups excluding carboxylic acids is 3. The number of hydrogen-bond donors (Lipinski definition) is 3. The quantitative estimate of drug-likeness (QED) is 0.381. The molecule has 41 heavy (non-hydrogen) atoms. The fourth-order valence-corrected chi connectivity index (χ4v) is 4.72. The number of hydrogen-bond acceptors (Lipinski definition) is 8. The van der Waals surface area contributed by atoms with E-state index < -0.39 is 53.7 Å². The Morgan fingerprint density at radius 2 is 1.63 bits per heavy atom. The number of pyridine rings is 1. The van der Waals surface area contributed by atoms with Gasteiger partial charge in [-0.15, -0.1) is 0 Å². The van der Waals surface area contributed by atoms with Crippen LogP contribution in [0.1, 0.15) is 62.5 Å². The zero-order valence-corrected chi connectivity index (χ0v) is 23.6. The number of carboxylic acid groups (broad SMARTS) is 2. The molecule has 13 heteroatoms. The monoisotopic (exact) mass is 572 g/mol. The first-order valence-corrected chi connectivity index (χ1v) is 13.3. The van der Waals surface area contributed by atoms with E-state index in [0.717, 1.165) is 0 Å². The lowest BCUT2D eigenvalue weighted by Crippen LogP contribution is -2.52. The second-order valence-corrected chi connectivity index (χ2v) is 10.8. The summed E-state index contributed by atoms with van der Waals surface area (Å²) in [6.07, 6.45) is -2.52. The van der Waals surface area contributed by atoms with Crippen LogP contribution in [0.5, 0.6) is 5.75 Å². The summed E-state index contributed by atoms with van der Waals surface area (Å²) in [5, 5.41) is 19.7. The molecule has 1 aliphatic rings. The first-order valence-electron chi connectivity index (χ1n) is 13.3. The number of aromatic nitrogens is 1. The molecule has 0 radical (unpaired) electrons. The molecule has 1 saturated heterocycles. The number of aliphatic carboxylic acids is 2. The lowest BCUT2D eigenvalue weighted by molar-refractivity contribution is -0.150. The average Bonchev–Trinajstić information content (AvgIpc) is 2.90. The van der Waals surface area contributed by atoms with Crippen molar-refractivity contribution >= 4 is 40.7 Å². The Hall–Kier alpha value is -4.42. The Kier molecular flexibility index (Phi) is 9.74. The molecule has 1 aromatic heterocycles. The molecule has 2 atom stereocenters. The highest BCUT2D eigenvalue weighted by Crippen LogP contribution is 2.38. The average molecular weight is 573 g/mol. The molecule has 1 aliphatic heterocycles. The van der Waals surface area contributed by atoms with Crippen molar-refractivity contribution in [1.29, 1.82) is 0 Å². The van der Waals surface area contributed by atoms with Crippen molar-refractivity contribution < 1.29 is 43.7 Å². The van der Waals surface area contributed by atoms with Gasteiger partial charge in [-0.05, 0) is 25.5 Å². The van der Waals surface area contributed by atoms with Gasteiger partial charge in [0.2, 0.25) is 5.91 Å². The molecular formula is C28H36N4O9. The number of benzene rings is 1. The first-order chi connectivity index (χ1) is 19.3. The number of fused-ring (bicyclic) bond motifs is 1. The highest BCUT2D eigenvalue weighted by molar-refractivity contribution is 6.04. The third-order valence-electron chi connectivity index (χ3n) is 6.76. The van der Waals surface area contributed by atoms with E-state index in [1.165, 1.54) is 9.80 Å². The summed E-state index contributed by atoms with van der Waals surface area (Å²) < 4.78 is 11.0. The van der Waals surface area contributed by atoms with Crippen LogP contribution in [0, 0.1) is 5.41 Å². The number of carbonyl (C=O) groups is 5. The molecule has 0 bridgehead atoms. The van der Waals surface area contributed by atoms with Crippen molar-refractivity contribution in [2.75, 3.05) is 32.8 Å². The minimum atomic E-state index is -1.40. The molecule has 4 N–H and O–H groups in total. The van der Waals surface area contributed by atoms with E-state index in [2.05, 4.69) is 4.98 Å². The summed E-state index contributed by atoms with van der Waals surface area (Å²) in [7, 11) is 0. The fourth-order valence-electron chi connectivity index (χ4n) is 4.72. The van der Waals surface area contributed by atoms with Crippen molar-refractivity contribution in [3.05, 3.63) is 35.5 Å². The van der Waals surface area contributed by atoms with Crippen LogP contribution in [0.4, 0.5) is 4.79 Å². The molecule has 13 nitrogen and oxygen atoms in total. The fraction of sp³-hybridized carbons (Fsp3) is 0.500. The number of carboxylic acids is 2. The summed E-state index contributed by atoms with van der Waals surface area (Å²) in [6, 6.07) is 6.54.